The largest absolute Gasteiger partial charge is 0.355 e. The molecule has 1 fully saturated rings. The number of nitrogens with one attached hydrogen (secondary N) is 1. The molecule has 2 heterocycles. The molecule has 0 spiro atoms. The highest BCUT2D eigenvalue weighted by Gasteiger charge is 2.17. The lowest BCUT2D eigenvalue weighted by Crippen LogP contribution is -2.39. The van der Waals surface area contributed by atoms with Crippen molar-refractivity contribution < 1.29 is 0 Å². The lowest BCUT2D eigenvalue weighted by atomic mass is 9.99. The number of anilines is 1. The quantitative estimate of drug-likeness (QED) is 0.890. The van der Waals surface area contributed by atoms with E-state index < -0.39 is 0 Å². The molecule has 2 rings (SSSR count). The van der Waals surface area contributed by atoms with Crippen LogP contribution < -0.4 is 10.2 Å². The third-order valence-electron chi connectivity index (χ3n) is 3.31. The van der Waals surface area contributed by atoms with E-state index in [4.69, 9.17) is 11.6 Å². The summed E-state index contributed by atoms with van der Waals surface area (Å²) in [5.74, 6) is 1.65. The third kappa shape index (κ3) is 3.82. The Morgan fingerprint density at radius 1 is 1.44 bits per heavy atom. The van der Waals surface area contributed by atoms with Gasteiger partial charge in [0, 0.05) is 13.1 Å². The number of aromatic nitrogens is 2. The Labute approximate surface area is 114 Å². The number of hydrogen-bond donors (Lipinski definition) is 1. The first kappa shape index (κ1) is 13.6. The Hall–Kier alpha value is -0.870. The van der Waals surface area contributed by atoms with Gasteiger partial charge in [-0.2, -0.15) is 0 Å². The predicted octanol–water partition coefficient (Wildman–Crippen LogP) is 2.35. The van der Waals surface area contributed by atoms with E-state index in [2.05, 4.69) is 27.3 Å². The SMILES string of the molecule is CCCN(CC1CCCNC1)c1ccc(Cl)nn1. The van der Waals surface area contributed by atoms with E-state index in [1.54, 1.807) is 0 Å². The monoisotopic (exact) mass is 268 g/mol. The summed E-state index contributed by atoms with van der Waals surface area (Å²) in [6.07, 6.45) is 3.69. The van der Waals surface area contributed by atoms with Crippen LogP contribution in [0.2, 0.25) is 5.15 Å². The second-order valence-corrected chi connectivity index (χ2v) is 5.26. The molecule has 1 aromatic rings. The normalized spacial score (nSPS) is 19.8. The smallest absolute Gasteiger partial charge is 0.151 e. The van der Waals surface area contributed by atoms with Gasteiger partial charge in [0.05, 0.1) is 0 Å². The standard InChI is InChI=1S/C13H21ClN4/c1-2-8-18(10-11-4-3-7-15-9-11)13-6-5-12(14)16-17-13/h5-6,11,15H,2-4,7-10H2,1H3. The summed E-state index contributed by atoms with van der Waals surface area (Å²) in [4.78, 5) is 2.32. The minimum atomic E-state index is 0.453. The third-order valence-corrected chi connectivity index (χ3v) is 3.51. The van der Waals surface area contributed by atoms with Crippen LogP contribution in [0.5, 0.6) is 0 Å². The van der Waals surface area contributed by atoms with Gasteiger partial charge < -0.3 is 10.2 Å². The summed E-state index contributed by atoms with van der Waals surface area (Å²) in [5.41, 5.74) is 0. The van der Waals surface area contributed by atoms with Gasteiger partial charge in [0.25, 0.3) is 0 Å². The van der Waals surface area contributed by atoms with Crippen molar-refractivity contribution in [2.45, 2.75) is 26.2 Å². The van der Waals surface area contributed by atoms with Crippen molar-refractivity contribution in [2.24, 2.45) is 5.92 Å². The van der Waals surface area contributed by atoms with Crippen molar-refractivity contribution in [3.8, 4) is 0 Å². The van der Waals surface area contributed by atoms with Crippen molar-refractivity contribution in [2.75, 3.05) is 31.1 Å². The summed E-state index contributed by atoms with van der Waals surface area (Å²) in [7, 11) is 0. The highest BCUT2D eigenvalue weighted by Crippen LogP contribution is 2.17. The van der Waals surface area contributed by atoms with Crippen molar-refractivity contribution in [3.05, 3.63) is 17.3 Å². The minimum Gasteiger partial charge on any atom is -0.355 e. The number of piperidine rings is 1. The maximum absolute atomic E-state index is 5.78. The van der Waals surface area contributed by atoms with Crippen LogP contribution in [0.1, 0.15) is 26.2 Å². The molecule has 100 valence electrons. The summed E-state index contributed by atoms with van der Waals surface area (Å²) in [6, 6.07) is 3.77. The van der Waals surface area contributed by atoms with Gasteiger partial charge in [-0.05, 0) is 50.4 Å². The van der Waals surface area contributed by atoms with E-state index in [-0.39, 0.29) is 0 Å². The predicted molar refractivity (Wildman–Crippen MR) is 75.1 cm³/mol. The first-order valence-corrected chi connectivity index (χ1v) is 7.12. The summed E-state index contributed by atoms with van der Waals surface area (Å²) in [5, 5.41) is 12.0. The first-order valence-electron chi connectivity index (χ1n) is 6.74. The maximum atomic E-state index is 5.78. The second-order valence-electron chi connectivity index (χ2n) is 4.87. The highest BCUT2D eigenvalue weighted by molar-refractivity contribution is 6.29. The van der Waals surface area contributed by atoms with Crippen molar-refractivity contribution in [1.82, 2.24) is 15.5 Å². The summed E-state index contributed by atoms with van der Waals surface area (Å²) < 4.78 is 0. The van der Waals surface area contributed by atoms with E-state index in [1.807, 2.05) is 12.1 Å². The summed E-state index contributed by atoms with van der Waals surface area (Å²) >= 11 is 5.78. The molecule has 0 aromatic carbocycles. The number of hydrogen-bond acceptors (Lipinski definition) is 4. The average molecular weight is 269 g/mol. The molecule has 1 atom stereocenters. The van der Waals surface area contributed by atoms with E-state index in [0.29, 0.717) is 11.1 Å². The van der Waals surface area contributed by atoms with Gasteiger partial charge in [0.15, 0.2) is 11.0 Å². The maximum Gasteiger partial charge on any atom is 0.151 e. The molecule has 1 aliphatic heterocycles. The van der Waals surface area contributed by atoms with Crippen LogP contribution >= 0.6 is 11.6 Å². The zero-order valence-corrected chi connectivity index (χ0v) is 11.7. The Morgan fingerprint density at radius 2 is 2.33 bits per heavy atom. The minimum absolute atomic E-state index is 0.453. The molecule has 1 saturated heterocycles. The molecule has 4 nitrogen and oxygen atoms in total. The number of rotatable bonds is 5. The summed E-state index contributed by atoms with van der Waals surface area (Å²) in [6.45, 7) is 6.53. The van der Waals surface area contributed by atoms with Crippen LogP contribution in [-0.2, 0) is 0 Å². The molecule has 1 N–H and O–H groups in total. The fourth-order valence-electron chi connectivity index (χ4n) is 2.44. The van der Waals surface area contributed by atoms with Crippen molar-refractivity contribution >= 4 is 17.4 Å². The van der Waals surface area contributed by atoms with Gasteiger partial charge in [-0.1, -0.05) is 18.5 Å². The van der Waals surface area contributed by atoms with E-state index >= 15 is 0 Å². The Morgan fingerprint density at radius 3 is 2.94 bits per heavy atom. The fraction of sp³-hybridized carbons (Fsp3) is 0.692. The van der Waals surface area contributed by atoms with Crippen LogP contribution in [0.25, 0.3) is 0 Å². The van der Waals surface area contributed by atoms with Crippen LogP contribution in [0.3, 0.4) is 0 Å². The first-order chi connectivity index (χ1) is 8.79. The molecule has 5 heteroatoms. The molecule has 0 amide bonds. The zero-order chi connectivity index (χ0) is 12.8. The van der Waals surface area contributed by atoms with Crippen molar-refractivity contribution in [3.63, 3.8) is 0 Å². The van der Waals surface area contributed by atoms with Gasteiger partial charge in [0.2, 0.25) is 0 Å². The Kier molecular flexibility index (Phi) is 5.20. The lowest BCUT2D eigenvalue weighted by molar-refractivity contribution is 0.376. The molecule has 0 aliphatic carbocycles. The van der Waals surface area contributed by atoms with E-state index in [0.717, 1.165) is 38.4 Å². The molecule has 1 unspecified atom stereocenters. The molecule has 18 heavy (non-hydrogen) atoms. The fourth-order valence-corrected chi connectivity index (χ4v) is 2.54. The molecule has 1 aliphatic rings. The number of halogens is 1. The molecular formula is C13H21ClN4. The van der Waals surface area contributed by atoms with E-state index in [9.17, 15) is 0 Å². The van der Waals surface area contributed by atoms with Crippen LogP contribution in [0.15, 0.2) is 12.1 Å². The van der Waals surface area contributed by atoms with Crippen LogP contribution in [0.4, 0.5) is 5.82 Å². The Bertz CT molecular complexity index is 349. The van der Waals surface area contributed by atoms with Gasteiger partial charge in [-0.15, -0.1) is 10.2 Å². The van der Waals surface area contributed by atoms with Gasteiger partial charge >= 0.3 is 0 Å². The molecule has 0 saturated carbocycles. The lowest BCUT2D eigenvalue weighted by Gasteiger charge is -2.30. The average Bonchev–Trinajstić information content (AvgIpc) is 2.40. The molecule has 0 bridgehead atoms. The van der Waals surface area contributed by atoms with Crippen LogP contribution in [-0.4, -0.2) is 36.4 Å². The van der Waals surface area contributed by atoms with Crippen LogP contribution in [0, 0.1) is 5.92 Å². The van der Waals surface area contributed by atoms with E-state index in [1.165, 1.54) is 12.8 Å². The van der Waals surface area contributed by atoms with Crippen molar-refractivity contribution in [1.29, 1.82) is 0 Å². The zero-order valence-electron chi connectivity index (χ0n) is 10.9. The van der Waals surface area contributed by atoms with Gasteiger partial charge in [-0.25, -0.2) is 0 Å². The number of nitrogens with zero attached hydrogens (tertiary/aromatic N) is 3. The Balaban J connectivity index is 2.00. The molecule has 0 radical (unpaired) electrons. The molecular weight excluding hydrogens is 248 g/mol. The van der Waals surface area contributed by atoms with Gasteiger partial charge in [-0.3, -0.25) is 0 Å². The second kappa shape index (κ2) is 6.90. The molecule has 1 aromatic heterocycles. The topological polar surface area (TPSA) is 41.0 Å². The highest BCUT2D eigenvalue weighted by atomic mass is 35.5. The van der Waals surface area contributed by atoms with Gasteiger partial charge in [0.1, 0.15) is 0 Å².